The van der Waals surface area contributed by atoms with Crippen LogP contribution >= 0.6 is 11.3 Å². The number of nitrogens with zero attached hydrogens (tertiary/aromatic N) is 2. The third kappa shape index (κ3) is 6.17. The SMILES string of the molecule is CCNC(=NCC1(C)CCCCC1O)NCC(c1ccc(C)s1)N1CCOCC1. The highest BCUT2D eigenvalue weighted by atomic mass is 32.1. The standard InChI is InChI=1S/C22H38N4O2S/c1-4-23-21(25-16-22(3)10-6-5-7-20(22)27)24-15-18(19-9-8-17(2)29-19)26-11-13-28-14-12-26/h8-9,18,20,27H,4-7,10-16H2,1-3H3,(H2,23,24,25). The number of nitrogens with one attached hydrogen (secondary N) is 2. The second-order valence-corrected chi connectivity index (χ2v) is 9.92. The van der Waals surface area contributed by atoms with E-state index in [-0.39, 0.29) is 11.5 Å². The summed E-state index contributed by atoms with van der Waals surface area (Å²) in [6.07, 6.45) is 4.00. The molecule has 0 aromatic carbocycles. The maximum absolute atomic E-state index is 10.5. The normalized spacial score (nSPS) is 27.6. The minimum Gasteiger partial charge on any atom is -0.392 e. The molecule has 0 amide bonds. The number of aliphatic hydroxyl groups excluding tert-OH is 1. The molecule has 164 valence electrons. The Balaban J connectivity index is 1.67. The molecule has 1 aromatic heterocycles. The number of aliphatic hydroxyl groups is 1. The average molecular weight is 423 g/mol. The maximum Gasteiger partial charge on any atom is 0.191 e. The van der Waals surface area contributed by atoms with Crippen LogP contribution in [-0.4, -0.2) is 68.0 Å². The third-order valence-corrected chi connectivity index (χ3v) is 7.36. The zero-order valence-electron chi connectivity index (χ0n) is 18.2. The summed E-state index contributed by atoms with van der Waals surface area (Å²) >= 11 is 1.87. The van der Waals surface area contributed by atoms with Crippen LogP contribution in [0.2, 0.25) is 0 Å². The predicted octanol–water partition coefficient (Wildman–Crippen LogP) is 2.93. The maximum atomic E-state index is 10.5. The minimum absolute atomic E-state index is 0.116. The van der Waals surface area contributed by atoms with E-state index in [0.29, 0.717) is 12.6 Å². The Morgan fingerprint density at radius 3 is 2.79 bits per heavy atom. The Bertz CT molecular complexity index is 659. The minimum atomic E-state index is -0.252. The van der Waals surface area contributed by atoms with Crippen molar-refractivity contribution >= 4 is 17.3 Å². The molecule has 1 aromatic rings. The number of ether oxygens (including phenoxy) is 1. The molecule has 3 atom stereocenters. The van der Waals surface area contributed by atoms with E-state index in [1.807, 2.05) is 11.3 Å². The molecule has 0 bridgehead atoms. The lowest BCUT2D eigenvalue weighted by molar-refractivity contribution is 0.00712. The highest BCUT2D eigenvalue weighted by molar-refractivity contribution is 7.12. The molecule has 3 rings (SSSR count). The number of hydrogen-bond donors (Lipinski definition) is 3. The molecule has 3 N–H and O–H groups in total. The van der Waals surface area contributed by atoms with Crippen molar-refractivity contribution in [3.05, 3.63) is 21.9 Å². The van der Waals surface area contributed by atoms with E-state index in [4.69, 9.17) is 9.73 Å². The first-order valence-corrected chi connectivity index (χ1v) is 11.9. The van der Waals surface area contributed by atoms with Gasteiger partial charge in [0.2, 0.25) is 0 Å². The fourth-order valence-corrected chi connectivity index (χ4v) is 5.30. The lowest BCUT2D eigenvalue weighted by Crippen LogP contribution is -2.46. The number of morpholine rings is 1. The van der Waals surface area contributed by atoms with Gasteiger partial charge in [0.15, 0.2) is 5.96 Å². The quantitative estimate of drug-likeness (QED) is 0.466. The highest BCUT2D eigenvalue weighted by Gasteiger charge is 2.35. The van der Waals surface area contributed by atoms with Gasteiger partial charge in [0.25, 0.3) is 0 Å². The summed E-state index contributed by atoms with van der Waals surface area (Å²) in [7, 11) is 0. The van der Waals surface area contributed by atoms with Crippen LogP contribution in [0.5, 0.6) is 0 Å². The predicted molar refractivity (Wildman–Crippen MR) is 121 cm³/mol. The van der Waals surface area contributed by atoms with Crippen LogP contribution in [0.4, 0.5) is 0 Å². The number of aryl methyl sites for hydroxylation is 1. The Labute approximate surface area is 179 Å². The average Bonchev–Trinajstić information content (AvgIpc) is 3.15. The fourth-order valence-electron chi connectivity index (χ4n) is 4.29. The first-order chi connectivity index (χ1) is 14.0. The molecular weight excluding hydrogens is 384 g/mol. The van der Waals surface area contributed by atoms with Gasteiger partial charge < -0.3 is 20.5 Å². The molecule has 1 aliphatic carbocycles. The summed E-state index contributed by atoms with van der Waals surface area (Å²) in [6.45, 7) is 12.2. The summed E-state index contributed by atoms with van der Waals surface area (Å²) < 4.78 is 5.56. The van der Waals surface area contributed by atoms with Gasteiger partial charge in [-0.05, 0) is 38.8 Å². The van der Waals surface area contributed by atoms with Crippen molar-refractivity contribution in [1.82, 2.24) is 15.5 Å². The van der Waals surface area contributed by atoms with Crippen molar-refractivity contribution in [3.63, 3.8) is 0 Å². The van der Waals surface area contributed by atoms with Crippen molar-refractivity contribution in [1.29, 1.82) is 0 Å². The molecule has 6 nitrogen and oxygen atoms in total. The van der Waals surface area contributed by atoms with E-state index < -0.39 is 0 Å². The zero-order chi connectivity index (χ0) is 20.7. The second-order valence-electron chi connectivity index (χ2n) is 8.60. The number of rotatable bonds is 7. The molecule has 1 aliphatic heterocycles. The molecule has 2 aliphatic rings. The molecule has 2 fully saturated rings. The Hall–Kier alpha value is -1.15. The molecular formula is C22H38N4O2S. The Morgan fingerprint density at radius 2 is 2.14 bits per heavy atom. The van der Waals surface area contributed by atoms with E-state index in [1.165, 1.54) is 16.2 Å². The van der Waals surface area contributed by atoms with Crippen LogP contribution in [0.3, 0.4) is 0 Å². The number of thiophene rings is 1. The van der Waals surface area contributed by atoms with Crippen LogP contribution in [0.25, 0.3) is 0 Å². The van der Waals surface area contributed by atoms with Gasteiger partial charge in [-0.2, -0.15) is 0 Å². The highest BCUT2D eigenvalue weighted by Crippen LogP contribution is 2.36. The van der Waals surface area contributed by atoms with E-state index >= 15 is 0 Å². The summed E-state index contributed by atoms with van der Waals surface area (Å²) in [5.74, 6) is 0.845. The molecule has 0 radical (unpaired) electrons. The second kappa shape index (κ2) is 10.8. The van der Waals surface area contributed by atoms with Crippen LogP contribution in [0.1, 0.15) is 55.3 Å². The first-order valence-electron chi connectivity index (χ1n) is 11.1. The van der Waals surface area contributed by atoms with Crippen molar-refractivity contribution in [2.24, 2.45) is 10.4 Å². The number of hydrogen-bond acceptors (Lipinski definition) is 5. The number of aliphatic imine (C=N–C) groups is 1. The van der Waals surface area contributed by atoms with Crippen molar-refractivity contribution < 1.29 is 9.84 Å². The molecule has 3 unspecified atom stereocenters. The summed E-state index contributed by atoms with van der Waals surface area (Å²) in [5.41, 5.74) is -0.116. The lowest BCUT2D eigenvalue weighted by atomic mass is 9.73. The zero-order valence-corrected chi connectivity index (χ0v) is 19.1. The van der Waals surface area contributed by atoms with Crippen molar-refractivity contribution in [2.75, 3.05) is 45.9 Å². The van der Waals surface area contributed by atoms with E-state index in [9.17, 15) is 5.11 Å². The monoisotopic (exact) mass is 422 g/mol. The third-order valence-electron chi connectivity index (χ3n) is 6.26. The van der Waals surface area contributed by atoms with Gasteiger partial charge in [-0.25, -0.2) is 0 Å². The molecule has 2 heterocycles. The molecule has 1 saturated carbocycles. The summed E-state index contributed by atoms with van der Waals surface area (Å²) in [4.78, 5) is 10.1. The number of guanidine groups is 1. The van der Waals surface area contributed by atoms with E-state index in [2.05, 4.69) is 48.4 Å². The van der Waals surface area contributed by atoms with Crippen LogP contribution in [-0.2, 0) is 4.74 Å². The van der Waals surface area contributed by atoms with Crippen LogP contribution in [0, 0.1) is 12.3 Å². The topological polar surface area (TPSA) is 69.1 Å². The summed E-state index contributed by atoms with van der Waals surface area (Å²) in [5, 5.41) is 17.4. The van der Waals surface area contributed by atoms with E-state index in [0.717, 1.165) is 64.6 Å². The van der Waals surface area contributed by atoms with Crippen molar-refractivity contribution in [3.8, 4) is 0 Å². The smallest absolute Gasteiger partial charge is 0.191 e. The van der Waals surface area contributed by atoms with Gasteiger partial charge in [0, 0.05) is 41.3 Å². The van der Waals surface area contributed by atoms with Crippen molar-refractivity contribution in [2.45, 2.75) is 58.6 Å². The lowest BCUT2D eigenvalue weighted by Gasteiger charge is -2.37. The van der Waals surface area contributed by atoms with Gasteiger partial charge in [-0.15, -0.1) is 11.3 Å². The molecule has 29 heavy (non-hydrogen) atoms. The summed E-state index contributed by atoms with van der Waals surface area (Å²) in [6, 6.07) is 4.78. The fraction of sp³-hybridized carbons (Fsp3) is 0.773. The Kier molecular flexibility index (Phi) is 8.35. The molecule has 0 spiro atoms. The van der Waals surface area contributed by atoms with Gasteiger partial charge in [-0.3, -0.25) is 9.89 Å². The molecule has 1 saturated heterocycles. The Morgan fingerprint density at radius 1 is 1.34 bits per heavy atom. The van der Waals surface area contributed by atoms with Gasteiger partial charge in [-0.1, -0.05) is 19.8 Å². The van der Waals surface area contributed by atoms with Gasteiger partial charge in [0.1, 0.15) is 0 Å². The van der Waals surface area contributed by atoms with Crippen LogP contribution < -0.4 is 10.6 Å². The van der Waals surface area contributed by atoms with Gasteiger partial charge in [0.05, 0.1) is 31.9 Å². The molecule has 7 heteroatoms. The largest absolute Gasteiger partial charge is 0.392 e. The van der Waals surface area contributed by atoms with Crippen LogP contribution in [0.15, 0.2) is 17.1 Å². The van der Waals surface area contributed by atoms with E-state index in [1.54, 1.807) is 0 Å². The first kappa shape index (κ1) is 22.5. The van der Waals surface area contributed by atoms with Gasteiger partial charge >= 0.3 is 0 Å².